The van der Waals surface area contributed by atoms with Crippen LogP contribution in [0.2, 0.25) is 0 Å². The highest BCUT2D eigenvalue weighted by molar-refractivity contribution is 5.90. The van der Waals surface area contributed by atoms with E-state index in [1.807, 2.05) is 49.4 Å². The van der Waals surface area contributed by atoms with Gasteiger partial charge in [-0.05, 0) is 36.1 Å². The van der Waals surface area contributed by atoms with Crippen LogP contribution >= 0.6 is 0 Å². The van der Waals surface area contributed by atoms with E-state index < -0.39 is 49.0 Å². The van der Waals surface area contributed by atoms with Crippen LogP contribution in [0.3, 0.4) is 0 Å². The van der Waals surface area contributed by atoms with Crippen molar-refractivity contribution in [2.24, 2.45) is 0 Å². The molecular formula is C27H31F3N4O5. The summed E-state index contributed by atoms with van der Waals surface area (Å²) in [5, 5.41) is 15.2. The first kappa shape index (κ1) is 29.6. The number of amides is 3. The van der Waals surface area contributed by atoms with Gasteiger partial charge in [-0.2, -0.15) is 13.2 Å². The molecule has 9 nitrogen and oxygen atoms in total. The molecule has 0 aliphatic carbocycles. The van der Waals surface area contributed by atoms with E-state index in [0.29, 0.717) is 18.0 Å². The number of benzene rings is 2. The van der Waals surface area contributed by atoms with E-state index >= 15 is 0 Å². The summed E-state index contributed by atoms with van der Waals surface area (Å²) < 4.78 is 40.1. The van der Waals surface area contributed by atoms with Crippen LogP contribution in [0.15, 0.2) is 54.6 Å². The standard InChI is InChI=1S/C27H31F3N4O5/c1-18(21-9-4-7-19-6-2-3-8-22(19)21)33-14-11-20(12-15-33)34(26(39)27(28,29)30)17-24(36)32-16-23(35)31-13-5-10-25(37)38/h2-10,18,20H,11-17H2,1H3,(H,31,35)(H,32,36)(H,37,38)/b10-5+. The molecule has 1 atom stereocenters. The number of nitrogens with one attached hydrogen (secondary N) is 2. The molecule has 3 N–H and O–H groups in total. The second kappa shape index (κ2) is 13.2. The minimum atomic E-state index is -5.15. The van der Waals surface area contributed by atoms with Gasteiger partial charge in [0.15, 0.2) is 0 Å². The van der Waals surface area contributed by atoms with Crippen LogP contribution < -0.4 is 10.6 Å². The molecule has 0 saturated carbocycles. The van der Waals surface area contributed by atoms with Crippen molar-refractivity contribution in [2.45, 2.75) is 38.0 Å². The fourth-order valence-electron chi connectivity index (χ4n) is 4.71. The summed E-state index contributed by atoms with van der Waals surface area (Å²) in [4.78, 5) is 49.5. The average Bonchev–Trinajstić information content (AvgIpc) is 2.91. The maximum atomic E-state index is 13.4. The van der Waals surface area contributed by atoms with Crippen molar-refractivity contribution in [3.63, 3.8) is 0 Å². The van der Waals surface area contributed by atoms with E-state index in [4.69, 9.17) is 5.11 Å². The Hall–Kier alpha value is -3.93. The Morgan fingerprint density at radius 1 is 1.05 bits per heavy atom. The summed E-state index contributed by atoms with van der Waals surface area (Å²) in [6.45, 7) is 1.43. The largest absolute Gasteiger partial charge is 0.478 e. The van der Waals surface area contributed by atoms with E-state index in [9.17, 15) is 32.3 Å². The number of rotatable bonds is 10. The molecule has 1 saturated heterocycles. The predicted octanol–water partition coefficient (Wildman–Crippen LogP) is 2.63. The Labute approximate surface area is 223 Å². The summed E-state index contributed by atoms with van der Waals surface area (Å²) in [6, 6.07) is 13.2. The van der Waals surface area contributed by atoms with E-state index in [0.717, 1.165) is 22.4 Å². The molecule has 12 heteroatoms. The molecule has 1 fully saturated rings. The van der Waals surface area contributed by atoms with Gasteiger partial charge in [-0.25, -0.2) is 4.79 Å². The number of carbonyl (C=O) groups excluding carboxylic acids is 3. The first-order valence-corrected chi connectivity index (χ1v) is 12.5. The average molecular weight is 549 g/mol. The third-order valence-electron chi connectivity index (χ3n) is 6.70. The number of aliphatic carboxylic acids is 1. The minimum Gasteiger partial charge on any atom is -0.478 e. The maximum Gasteiger partial charge on any atom is 0.471 e. The maximum absolute atomic E-state index is 13.4. The lowest BCUT2D eigenvalue weighted by Crippen LogP contribution is -2.54. The normalized spacial score (nSPS) is 15.7. The van der Waals surface area contributed by atoms with E-state index in [1.165, 1.54) is 6.08 Å². The summed E-state index contributed by atoms with van der Waals surface area (Å²) in [6.07, 6.45) is -2.64. The van der Waals surface area contributed by atoms with Crippen LogP contribution in [0.1, 0.15) is 31.4 Å². The van der Waals surface area contributed by atoms with Crippen LogP contribution in [0, 0.1) is 0 Å². The quantitative estimate of drug-likeness (QED) is 0.393. The molecule has 0 aromatic heterocycles. The third kappa shape index (κ3) is 8.28. The molecule has 1 unspecified atom stereocenters. The predicted molar refractivity (Wildman–Crippen MR) is 138 cm³/mol. The first-order valence-electron chi connectivity index (χ1n) is 12.5. The molecule has 2 aromatic carbocycles. The number of piperidine rings is 1. The summed E-state index contributed by atoms with van der Waals surface area (Å²) in [5.74, 6) is -4.86. The molecule has 2 aromatic rings. The number of likely N-dealkylation sites (tertiary alicyclic amines) is 1. The van der Waals surface area contributed by atoms with E-state index in [2.05, 4.69) is 15.5 Å². The van der Waals surface area contributed by atoms with E-state index in [1.54, 1.807) is 0 Å². The van der Waals surface area contributed by atoms with Gasteiger partial charge in [0.25, 0.3) is 0 Å². The number of hydrogen-bond acceptors (Lipinski definition) is 5. The molecule has 0 radical (unpaired) electrons. The highest BCUT2D eigenvalue weighted by atomic mass is 19.4. The Morgan fingerprint density at radius 3 is 2.38 bits per heavy atom. The molecule has 1 aliphatic heterocycles. The lowest BCUT2D eigenvalue weighted by Gasteiger charge is -2.41. The van der Waals surface area contributed by atoms with Gasteiger partial charge in [0.05, 0.1) is 6.54 Å². The van der Waals surface area contributed by atoms with Gasteiger partial charge in [-0.15, -0.1) is 0 Å². The fraction of sp³-hybridized carbons (Fsp3) is 0.407. The Bertz CT molecular complexity index is 1220. The van der Waals surface area contributed by atoms with Gasteiger partial charge in [0.2, 0.25) is 11.8 Å². The molecule has 0 spiro atoms. The molecule has 3 rings (SSSR count). The second-order valence-electron chi connectivity index (χ2n) is 9.26. The second-order valence-corrected chi connectivity index (χ2v) is 9.26. The topological polar surface area (TPSA) is 119 Å². The number of alkyl halides is 3. The number of carbonyl (C=O) groups is 4. The van der Waals surface area contributed by atoms with Crippen molar-refractivity contribution in [3.8, 4) is 0 Å². The van der Waals surface area contributed by atoms with Crippen molar-refractivity contribution in [1.29, 1.82) is 0 Å². The molecule has 0 bridgehead atoms. The molecule has 39 heavy (non-hydrogen) atoms. The summed E-state index contributed by atoms with van der Waals surface area (Å²) >= 11 is 0. The Kier molecular flexibility index (Phi) is 10.0. The van der Waals surface area contributed by atoms with Crippen molar-refractivity contribution < 1.29 is 37.5 Å². The van der Waals surface area contributed by atoms with Gasteiger partial charge in [0.1, 0.15) is 6.54 Å². The summed E-state index contributed by atoms with van der Waals surface area (Å²) in [5.41, 5.74) is 1.10. The smallest absolute Gasteiger partial charge is 0.471 e. The highest BCUT2D eigenvalue weighted by Gasteiger charge is 2.45. The third-order valence-corrected chi connectivity index (χ3v) is 6.70. The van der Waals surface area contributed by atoms with Gasteiger partial charge in [-0.1, -0.05) is 48.5 Å². The molecule has 1 heterocycles. The Morgan fingerprint density at radius 2 is 1.72 bits per heavy atom. The molecule has 3 amide bonds. The molecular weight excluding hydrogens is 517 g/mol. The fourth-order valence-corrected chi connectivity index (χ4v) is 4.71. The Balaban J connectivity index is 1.60. The zero-order chi connectivity index (χ0) is 28.6. The number of carboxylic acid groups (broad SMARTS) is 1. The van der Waals surface area contributed by atoms with Crippen molar-refractivity contribution in [2.75, 3.05) is 32.7 Å². The van der Waals surface area contributed by atoms with Gasteiger partial charge >= 0.3 is 18.1 Å². The van der Waals surface area contributed by atoms with Gasteiger partial charge in [0, 0.05) is 37.8 Å². The van der Waals surface area contributed by atoms with Crippen LogP contribution in [-0.2, 0) is 19.2 Å². The number of carboxylic acids is 1. The minimum absolute atomic E-state index is 0.00373. The number of fused-ring (bicyclic) bond motifs is 1. The lowest BCUT2D eigenvalue weighted by atomic mass is 9.95. The van der Waals surface area contributed by atoms with Gasteiger partial charge in [-0.3, -0.25) is 19.3 Å². The first-order chi connectivity index (χ1) is 18.5. The van der Waals surface area contributed by atoms with Crippen molar-refractivity contribution in [3.05, 3.63) is 60.2 Å². The summed E-state index contributed by atoms with van der Waals surface area (Å²) in [7, 11) is 0. The number of nitrogens with zero attached hydrogens (tertiary/aromatic N) is 2. The number of halogens is 3. The number of hydrogen-bond donors (Lipinski definition) is 3. The molecule has 210 valence electrons. The van der Waals surface area contributed by atoms with Crippen LogP contribution in [-0.4, -0.2) is 83.5 Å². The lowest BCUT2D eigenvalue weighted by molar-refractivity contribution is -0.189. The van der Waals surface area contributed by atoms with Crippen molar-refractivity contribution in [1.82, 2.24) is 20.4 Å². The highest BCUT2D eigenvalue weighted by Crippen LogP contribution is 2.31. The van der Waals surface area contributed by atoms with E-state index in [-0.39, 0.29) is 25.4 Å². The van der Waals surface area contributed by atoms with Crippen LogP contribution in [0.4, 0.5) is 13.2 Å². The zero-order valence-corrected chi connectivity index (χ0v) is 21.4. The molecule has 1 aliphatic rings. The van der Waals surface area contributed by atoms with Crippen LogP contribution in [0.25, 0.3) is 10.8 Å². The SMILES string of the molecule is CC(c1cccc2ccccc12)N1CCC(N(CC(=O)NCC(=O)NC/C=C/C(=O)O)C(=O)C(F)(F)F)CC1. The van der Waals surface area contributed by atoms with Gasteiger partial charge < -0.3 is 20.6 Å². The monoisotopic (exact) mass is 548 g/mol. The zero-order valence-electron chi connectivity index (χ0n) is 21.4. The van der Waals surface area contributed by atoms with Crippen LogP contribution in [0.5, 0.6) is 0 Å². The van der Waals surface area contributed by atoms with Crippen molar-refractivity contribution >= 4 is 34.5 Å².